The number of nitrogens with zero attached hydrogens (tertiary/aromatic N) is 1. The summed E-state index contributed by atoms with van der Waals surface area (Å²) >= 11 is 2.03. The molecule has 0 saturated carbocycles. The summed E-state index contributed by atoms with van der Waals surface area (Å²) in [6, 6.07) is 0.480. The molecule has 5 heteroatoms. The van der Waals surface area contributed by atoms with E-state index in [9.17, 15) is 4.79 Å². The molecular weight excluding hydrogens is 246 g/mol. The predicted molar refractivity (Wildman–Crippen MR) is 77.0 cm³/mol. The smallest absolute Gasteiger partial charge is 0.223 e. The monoisotopic (exact) mass is 271 g/mol. The van der Waals surface area contributed by atoms with Gasteiger partial charge in [-0.3, -0.25) is 9.69 Å². The van der Waals surface area contributed by atoms with Crippen LogP contribution in [0.4, 0.5) is 0 Å². The van der Waals surface area contributed by atoms with E-state index >= 15 is 0 Å². The molecule has 1 amide bonds. The highest BCUT2D eigenvalue weighted by Crippen LogP contribution is 2.15. The average Bonchev–Trinajstić information content (AvgIpc) is 2.40. The van der Waals surface area contributed by atoms with E-state index in [0.29, 0.717) is 6.04 Å². The highest BCUT2D eigenvalue weighted by Gasteiger charge is 2.24. The Kier molecular flexibility index (Phi) is 5.79. The van der Waals surface area contributed by atoms with Crippen LogP contribution < -0.4 is 10.6 Å². The number of thioether (sulfide) groups is 1. The summed E-state index contributed by atoms with van der Waals surface area (Å²) in [5.74, 6) is 2.95. The van der Waals surface area contributed by atoms with E-state index in [0.717, 1.165) is 32.5 Å². The van der Waals surface area contributed by atoms with Crippen molar-refractivity contribution in [3.63, 3.8) is 0 Å². The lowest BCUT2D eigenvalue weighted by atomic mass is 9.92. The highest BCUT2D eigenvalue weighted by molar-refractivity contribution is 7.99. The summed E-state index contributed by atoms with van der Waals surface area (Å²) in [5, 5.41) is 6.49. The lowest BCUT2D eigenvalue weighted by molar-refractivity contribution is -0.126. The van der Waals surface area contributed by atoms with Crippen LogP contribution in [-0.2, 0) is 4.79 Å². The molecule has 2 aliphatic rings. The van der Waals surface area contributed by atoms with Gasteiger partial charge in [-0.25, -0.2) is 0 Å². The summed E-state index contributed by atoms with van der Waals surface area (Å²) < 4.78 is 0. The van der Waals surface area contributed by atoms with E-state index < -0.39 is 0 Å². The van der Waals surface area contributed by atoms with Gasteiger partial charge in [-0.15, -0.1) is 0 Å². The molecule has 0 aromatic rings. The lowest BCUT2D eigenvalue weighted by Gasteiger charge is -2.28. The third-order valence-corrected chi connectivity index (χ3v) is 4.77. The molecule has 2 fully saturated rings. The zero-order valence-corrected chi connectivity index (χ0v) is 12.1. The molecule has 0 aromatic carbocycles. The molecule has 2 heterocycles. The topological polar surface area (TPSA) is 44.4 Å². The number of hydrogen-bond acceptors (Lipinski definition) is 4. The van der Waals surface area contributed by atoms with Crippen molar-refractivity contribution in [2.45, 2.75) is 25.8 Å². The third-order valence-electron chi connectivity index (χ3n) is 3.83. The summed E-state index contributed by atoms with van der Waals surface area (Å²) in [6.07, 6.45) is 1.96. The fourth-order valence-electron chi connectivity index (χ4n) is 2.68. The molecule has 2 atom stereocenters. The first-order valence-electron chi connectivity index (χ1n) is 7.07. The molecule has 2 saturated heterocycles. The molecule has 18 heavy (non-hydrogen) atoms. The van der Waals surface area contributed by atoms with Gasteiger partial charge in [0.1, 0.15) is 0 Å². The van der Waals surface area contributed by atoms with Crippen molar-refractivity contribution in [1.82, 2.24) is 15.5 Å². The highest BCUT2D eigenvalue weighted by atomic mass is 32.2. The minimum Gasteiger partial charge on any atom is -0.355 e. The number of amides is 1. The summed E-state index contributed by atoms with van der Waals surface area (Å²) in [7, 11) is 0. The number of rotatable bonds is 4. The van der Waals surface area contributed by atoms with Gasteiger partial charge in [-0.05, 0) is 26.3 Å². The standard InChI is InChI=1S/C13H25N3OS/c1-11-10-12(2-3-14-11)13(17)15-4-5-16-6-8-18-9-7-16/h11-12,14H,2-10H2,1H3,(H,15,17). The van der Waals surface area contributed by atoms with Crippen molar-refractivity contribution in [3.8, 4) is 0 Å². The Morgan fingerprint density at radius 3 is 2.94 bits per heavy atom. The van der Waals surface area contributed by atoms with Crippen LogP contribution in [0.1, 0.15) is 19.8 Å². The maximum atomic E-state index is 12.0. The molecule has 0 aliphatic carbocycles. The van der Waals surface area contributed by atoms with Gasteiger partial charge < -0.3 is 10.6 Å². The Morgan fingerprint density at radius 2 is 2.22 bits per heavy atom. The van der Waals surface area contributed by atoms with Crippen LogP contribution in [-0.4, -0.2) is 61.1 Å². The molecule has 0 aromatic heterocycles. The predicted octanol–water partition coefficient (Wildman–Crippen LogP) is 0.540. The average molecular weight is 271 g/mol. The molecule has 2 rings (SSSR count). The molecule has 4 nitrogen and oxygen atoms in total. The Balaban J connectivity index is 1.61. The molecule has 2 N–H and O–H groups in total. The summed E-state index contributed by atoms with van der Waals surface area (Å²) in [6.45, 7) is 7.29. The first-order chi connectivity index (χ1) is 8.75. The van der Waals surface area contributed by atoms with Crippen LogP contribution in [0, 0.1) is 5.92 Å². The van der Waals surface area contributed by atoms with Gasteiger partial charge in [-0.2, -0.15) is 11.8 Å². The van der Waals surface area contributed by atoms with E-state index in [-0.39, 0.29) is 11.8 Å². The normalized spacial score (nSPS) is 30.1. The van der Waals surface area contributed by atoms with Crippen molar-refractivity contribution >= 4 is 17.7 Å². The Morgan fingerprint density at radius 1 is 1.44 bits per heavy atom. The lowest BCUT2D eigenvalue weighted by Crippen LogP contribution is -2.44. The largest absolute Gasteiger partial charge is 0.355 e. The summed E-state index contributed by atoms with van der Waals surface area (Å²) in [4.78, 5) is 14.5. The third kappa shape index (κ3) is 4.44. The SMILES string of the molecule is CC1CC(C(=O)NCCN2CCSCC2)CCN1. The van der Waals surface area contributed by atoms with E-state index in [1.807, 2.05) is 11.8 Å². The quantitative estimate of drug-likeness (QED) is 0.783. The zero-order valence-electron chi connectivity index (χ0n) is 11.3. The van der Waals surface area contributed by atoms with Gasteiger partial charge >= 0.3 is 0 Å². The fraction of sp³-hybridized carbons (Fsp3) is 0.923. The minimum absolute atomic E-state index is 0.221. The Bertz CT molecular complexity index is 269. The zero-order chi connectivity index (χ0) is 12.8. The van der Waals surface area contributed by atoms with Gasteiger partial charge in [0, 0.05) is 49.6 Å². The molecule has 0 radical (unpaired) electrons. The second-order valence-electron chi connectivity index (χ2n) is 5.32. The van der Waals surface area contributed by atoms with Crippen LogP contribution >= 0.6 is 11.8 Å². The number of nitrogens with one attached hydrogen (secondary N) is 2. The van der Waals surface area contributed by atoms with Crippen molar-refractivity contribution in [2.24, 2.45) is 5.92 Å². The number of carbonyl (C=O) groups is 1. The van der Waals surface area contributed by atoms with E-state index in [1.165, 1.54) is 24.6 Å². The maximum Gasteiger partial charge on any atom is 0.223 e. The first kappa shape index (κ1) is 14.2. The van der Waals surface area contributed by atoms with E-state index in [2.05, 4.69) is 22.5 Å². The van der Waals surface area contributed by atoms with Crippen molar-refractivity contribution in [2.75, 3.05) is 44.2 Å². The van der Waals surface area contributed by atoms with Crippen LogP contribution in [0.15, 0.2) is 0 Å². The maximum absolute atomic E-state index is 12.0. The molecular formula is C13H25N3OS. The molecule has 104 valence electrons. The number of hydrogen-bond donors (Lipinski definition) is 2. The molecule has 0 bridgehead atoms. The van der Waals surface area contributed by atoms with Gasteiger partial charge in [0.25, 0.3) is 0 Å². The van der Waals surface area contributed by atoms with Crippen LogP contribution in [0.2, 0.25) is 0 Å². The van der Waals surface area contributed by atoms with Crippen molar-refractivity contribution in [3.05, 3.63) is 0 Å². The van der Waals surface area contributed by atoms with Crippen molar-refractivity contribution in [1.29, 1.82) is 0 Å². The molecule has 0 spiro atoms. The Labute approximate surface area is 114 Å². The van der Waals surface area contributed by atoms with Gasteiger partial charge in [-0.1, -0.05) is 0 Å². The second-order valence-corrected chi connectivity index (χ2v) is 6.55. The van der Waals surface area contributed by atoms with E-state index in [4.69, 9.17) is 0 Å². The van der Waals surface area contributed by atoms with Gasteiger partial charge in [0.15, 0.2) is 0 Å². The second kappa shape index (κ2) is 7.36. The fourth-order valence-corrected chi connectivity index (χ4v) is 3.66. The Hall–Kier alpha value is -0.260. The van der Waals surface area contributed by atoms with E-state index in [1.54, 1.807) is 0 Å². The molecule has 2 aliphatic heterocycles. The van der Waals surface area contributed by atoms with Crippen LogP contribution in [0.25, 0.3) is 0 Å². The van der Waals surface area contributed by atoms with Gasteiger partial charge in [0.2, 0.25) is 5.91 Å². The van der Waals surface area contributed by atoms with Crippen LogP contribution in [0.3, 0.4) is 0 Å². The first-order valence-corrected chi connectivity index (χ1v) is 8.22. The van der Waals surface area contributed by atoms with Gasteiger partial charge in [0.05, 0.1) is 0 Å². The van der Waals surface area contributed by atoms with Crippen LogP contribution in [0.5, 0.6) is 0 Å². The number of piperidine rings is 1. The summed E-state index contributed by atoms with van der Waals surface area (Å²) in [5.41, 5.74) is 0. The molecule has 2 unspecified atom stereocenters. The number of carbonyl (C=O) groups excluding carboxylic acids is 1. The minimum atomic E-state index is 0.221. The van der Waals surface area contributed by atoms with Crippen molar-refractivity contribution < 1.29 is 4.79 Å².